The molecule has 4 N–H and O–H groups in total. The zero-order chi connectivity index (χ0) is 29.9. The van der Waals surface area contributed by atoms with E-state index in [-0.39, 0.29) is 25.3 Å². The summed E-state index contributed by atoms with van der Waals surface area (Å²) in [6.07, 6.45) is 3.03. The molecule has 0 spiro atoms. The molecule has 0 unspecified atom stereocenters. The van der Waals surface area contributed by atoms with E-state index < -0.39 is 17.9 Å². The zero-order valence-electron chi connectivity index (χ0n) is 23.9. The van der Waals surface area contributed by atoms with E-state index in [1.54, 1.807) is 25.4 Å². The van der Waals surface area contributed by atoms with Gasteiger partial charge in [-0.1, -0.05) is 60.7 Å². The van der Waals surface area contributed by atoms with Crippen LogP contribution in [-0.4, -0.2) is 48.1 Å². The molecule has 1 heterocycles. The third-order valence-electron chi connectivity index (χ3n) is 7.03. The summed E-state index contributed by atoms with van der Waals surface area (Å²) < 4.78 is 5.17. The first kappa shape index (κ1) is 30.0. The Morgan fingerprint density at radius 2 is 1.69 bits per heavy atom. The lowest BCUT2D eigenvalue weighted by Gasteiger charge is -2.18. The average molecular weight is 569 g/mol. The number of pyridine rings is 1. The minimum Gasteiger partial charge on any atom is -0.497 e. The number of amides is 2. The molecule has 218 valence electrons. The van der Waals surface area contributed by atoms with Crippen LogP contribution in [0.4, 0.5) is 5.82 Å². The lowest BCUT2D eigenvalue weighted by atomic mass is 9.94. The molecule has 9 heteroatoms. The SMILES string of the molecule is COc1ccnc(NCCCCC(=O)NCC(=O)N[C@@H](CC(=O)O)c2ccc(-c3ccc(C)c4ccccc34)cc2)c1. The van der Waals surface area contributed by atoms with Crippen LogP contribution in [0.25, 0.3) is 21.9 Å². The molecule has 2 amide bonds. The van der Waals surface area contributed by atoms with E-state index in [9.17, 15) is 19.5 Å². The summed E-state index contributed by atoms with van der Waals surface area (Å²) in [5.74, 6) is -0.313. The molecule has 0 aliphatic heterocycles. The van der Waals surface area contributed by atoms with Gasteiger partial charge < -0.3 is 25.8 Å². The maximum atomic E-state index is 12.6. The molecule has 0 fully saturated rings. The van der Waals surface area contributed by atoms with E-state index in [4.69, 9.17) is 4.74 Å². The molecular formula is C33H36N4O5. The maximum Gasteiger partial charge on any atom is 0.305 e. The fraction of sp³-hybridized carbons (Fsp3) is 0.273. The van der Waals surface area contributed by atoms with Crippen molar-refractivity contribution in [3.8, 4) is 16.9 Å². The van der Waals surface area contributed by atoms with Gasteiger partial charge in [0.15, 0.2) is 0 Å². The molecule has 3 aromatic carbocycles. The van der Waals surface area contributed by atoms with E-state index in [1.807, 2.05) is 36.4 Å². The normalized spacial score (nSPS) is 11.5. The Morgan fingerprint density at radius 1 is 0.929 bits per heavy atom. The number of anilines is 1. The van der Waals surface area contributed by atoms with Crippen molar-refractivity contribution in [3.63, 3.8) is 0 Å². The number of benzene rings is 3. The van der Waals surface area contributed by atoms with Crippen LogP contribution in [0.3, 0.4) is 0 Å². The lowest BCUT2D eigenvalue weighted by molar-refractivity contribution is -0.138. The number of fused-ring (bicyclic) bond motifs is 1. The number of unbranched alkanes of at least 4 members (excludes halogenated alkanes) is 1. The van der Waals surface area contributed by atoms with Crippen molar-refractivity contribution < 1.29 is 24.2 Å². The zero-order valence-corrected chi connectivity index (χ0v) is 23.9. The summed E-state index contributed by atoms with van der Waals surface area (Å²) in [4.78, 5) is 40.6. The monoisotopic (exact) mass is 568 g/mol. The van der Waals surface area contributed by atoms with Crippen molar-refractivity contribution in [2.75, 3.05) is 25.5 Å². The summed E-state index contributed by atoms with van der Waals surface area (Å²) in [5, 5.41) is 20.3. The summed E-state index contributed by atoms with van der Waals surface area (Å²) in [6, 6.07) is 22.8. The van der Waals surface area contributed by atoms with Crippen LogP contribution in [-0.2, 0) is 14.4 Å². The summed E-state index contributed by atoms with van der Waals surface area (Å²) in [5.41, 5.74) is 3.95. The van der Waals surface area contributed by atoms with Gasteiger partial charge in [-0.05, 0) is 58.9 Å². The second kappa shape index (κ2) is 14.6. The second-order valence-electron chi connectivity index (χ2n) is 10.1. The first-order valence-electron chi connectivity index (χ1n) is 13.9. The van der Waals surface area contributed by atoms with Gasteiger partial charge in [0.2, 0.25) is 11.8 Å². The number of carbonyl (C=O) groups is 3. The van der Waals surface area contributed by atoms with E-state index in [0.717, 1.165) is 22.9 Å². The Morgan fingerprint density at radius 3 is 2.43 bits per heavy atom. The molecule has 0 aliphatic carbocycles. The highest BCUT2D eigenvalue weighted by Crippen LogP contribution is 2.31. The van der Waals surface area contributed by atoms with Crippen molar-refractivity contribution in [3.05, 3.63) is 90.1 Å². The molecule has 0 radical (unpaired) electrons. The van der Waals surface area contributed by atoms with E-state index in [2.05, 4.69) is 52.1 Å². The average Bonchev–Trinajstić information content (AvgIpc) is 3.00. The van der Waals surface area contributed by atoms with Crippen LogP contribution in [0.2, 0.25) is 0 Å². The number of aliphatic carboxylic acids is 1. The third kappa shape index (κ3) is 8.30. The number of nitrogens with one attached hydrogen (secondary N) is 3. The predicted octanol–water partition coefficient (Wildman–Crippen LogP) is 5.25. The molecule has 0 saturated heterocycles. The summed E-state index contributed by atoms with van der Waals surface area (Å²) in [7, 11) is 1.59. The molecular weight excluding hydrogens is 532 g/mol. The van der Waals surface area contributed by atoms with Crippen LogP contribution >= 0.6 is 0 Å². The first-order chi connectivity index (χ1) is 20.3. The number of nitrogens with zero attached hydrogens (tertiary/aromatic N) is 1. The smallest absolute Gasteiger partial charge is 0.305 e. The van der Waals surface area contributed by atoms with Crippen LogP contribution < -0.4 is 20.7 Å². The largest absolute Gasteiger partial charge is 0.497 e. The Labute approximate surface area is 245 Å². The van der Waals surface area contributed by atoms with E-state index in [1.165, 1.54) is 10.9 Å². The highest BCUT2D eigenvalue weighted by atomic mass is 16.5. The fourth-order valence-corrected chi connectivity index (χ4v) is 4.80. The predicted molar refractivity (Wildman–Crippen MR) is 163 cm³/mol. The molecule has 1 aromatic heterocycles. The highest BCUT2D eigenvalue weighted by Gasteiger charge is 2.19. The Bertz CT molecular complexity index is 1540. The van der Waals surface area contributed by atoms with E-state index in [0.29, 0.717) is 30.1 Å². The molecule has 42 heavy (non-hydrogen) atoms. The van der Waals surface area contributed by atoms with Crippen molar-refractivity contribution in [2.45, 2.75) is 38.6 Å². The van der Waals surface area contributed by atoms with Gasteiger partial charge in [-0.3, -0.25) is 14.4 Å². The van der Waals surface area contributed by atoms with Crippen molar-refractivity contribution in [2.24, 2.45) is 0 Å². The summed E-state index contributed by atoms with van der Waals surface area (Å²) in [6.45, 7) is 2.50. The molecule has 0 bridgehead atoms. The van der Waals surface area contributed by atoms with Gasteiger partial charge in [-0.15, -0.1) is 0 Å². The fourth-order valence-electron chi connectivity index (χ4n) is 4.80. The number of carbonyl (C=O) groups excluding carboxylic acids is 2. The van der Waals surface area contributed by atoms with Gasteiger partial charge in [-0.2, -0.15) is 0 Å². The topological polar surface area (TPSA) is 130 Å². The number of carboxylic acid groups (broad SMARTS) is 1. The van der Waals surface area contributed by atoms with Gasteiger partial charge in [0.25, 0.3) is 0 Å². The highest BCUT2D eigenvalue weighted by molar-refractivity contribution is 5.98. The maximum absolute atomic E-state index is 12.6. The van der Waals surface area contributed by atoms with Gasteiger partial charge in [-0.25, -0.2) is 4.98 Å². The number of ether oxygens (including phenoxy) is 1. The molecule has 9 nitrogen and oxygen atoms in total. The van der Waals surface area contributed by atoms with Gasteiger partial charge >= 0.3 is 5.97 Å². The van der Waals surface area contributed by atoms with Crippen LogP contribution in [0.1, 0.15) is 42.9 Å². The number of aryl methyl sites for hydroxylation is 1. The van der Waals surface area contributed by atoms with Crippen LogP contribution in [0, 0.1) is 6.92 Å². The lowest BCUT2D eigenvalue weighted by Crippen LogP contribution is -2.39. The van der Waals surface area contributed by atoms with E-state index >= 15 is 0 Å². The standard InChI is InChI=1S/C33H36N4O5/c1-22-10-15-27(28-8-4-3-7-26(22)28)23-11-13-24(14-12-23)29(20-33(40)41)37-32(39)21-36-31(38)9-5-6-17-34-30-19-25(42-2)16-18-35-30/h3-4,7-8,10-16,18-19,29H,5-6,9,17,20-21H2,1-2H3,(H,34,35)(H,36,38)(H,37,39)(H,40,41)/t29-/m0/s1. The minimum absolute atomic E-state index is 0.228. The number of hydrogen-bond donors (Lipinski definition) is 4. The number of rotatable bonds is 14. The van der Waals surface area contributed by atoms with Gasteiger partial charge in [0, 0.05) is 25.2 Å². The Hall–Kier alpha value is -4.92. The quantitative estimate of drug-likeness (QED) is 0.153. The molecule has 0 aliphatic rings. The number of hydrogen-bond acceptors (Lipinski definition) is 6. The molecule has 4 aromatic rings. The molecule has 0 saturated carbocycles. The minimum atomic E-state index is -1.03. The van der Waals surface area contributed by atoms with Crippen molar-refractivity contribution in [1.82, 2.24) is 15.6 Å². The molecule has 1 atom stereocenters. The Balaban J connectivity index is 1.27. The second-order valence-corrected chi connectivity index (χ2v) is 10.1. The van der Waals surface area contributed by atoms with Gasteiger partial charge in [0.05, 0.1) is 26.1 Å². The van der Waals surface area contributed by atoms with Crippen LogP contribution in [0.15, 0.2) is 79.0 Å². The van der Waals surface area contributed by atoms with Crippen molar-refractivity contribution >= 4 is 34.4 Å². The van der Waals surface area contributed by atoms with Crippen LogP contribution in [0.5, 0.6) is 5.75 Å². The van der Waals surface area contributed by atoms with Crippen molar-refractivity contribution in [1.29, 1.82) is 0 Å². The third-order valence-corrected chi connectivity index (χ3v) is 7.03. The number of aromatic nitrogens is 1. The summed E-state index contributed by atoms with van der Waals surface area (Å²) >= 11 is 0. The molecule has 4 rings (SSSR count). The number of carboxylic acids is 1. The first-order valence-corrected chi connectivity index (χ1v) is 13.9. The number of methoxy groups -OCH3 is 1. The Kier molecular flexibility index (Phi) is 10.5. The van der Waals surface area contributed by atoms with Gasteiger partial charge in [0.1, 0.15) is 11.6 Å².